The summed E-state index contributed by atoms with van der Waals surface area (Å²) in [5.74, 6) is -1.85. The quantitative estimate of drug-likeness (QED) is 0.346. The van der Waals surface area contributed by atoms with Crippen LogP contribution in [0.2, 0.25) is 0 Å². The molecule has 0 aromatic heterocycles. The molecule has 3 fully saturated rings. The number of aliphatic hydroxyl groups is 1. The number of amides is 1. The lowest BCUT2D eigenvalue weighted by Gasteiger charge is -2.58. The summed E-state index contributed by atoms with van der Waals surface area (Å²) in [5, 5.41) is 23.8. The van der Waals surface area contributed by atoms with E-state index in [1.807, 2.05) is 19.1 Å². The van der Waals surface area contributed by atoms with Crippen LogP contribution in [0.3, 0.4) is 0 Å². The Labute approximate surface area is 252 Å². The van der Waals surface area contributed by atoms with E-state index >= 15 is 0 Å². The summed E-state index contributed by atoms with van der Waals surface area (Å²) < 4.78 is 5.22. The summed E-state index contributed by atoms with van der Waals surface area (Å²) >= 11 is 0. The number of carboxylic acids is 1. The van der Waals surface area contributed by atoms with Crippen LogP contribution < -0.4 is 5.32 Å². The highest BCUT2D eigenvalue weighted by Crippen LogP contribution is 2.67. The van der Waals surface area contributed by atoms with Crippen LogP contribution in [0.25, 0.3) is 0 Å². The number of allylic oxidation sites excluding steroid dienone is 1. The Kier molecular flexibility index (Phi) is 8.67. The zero-order valence-corrected chi connectivity index (χ0v) is 25.1. The molecule has 1 aromatic rings. The largest absolute Gasteiger partial charge is 0.480 e. The Hall–Kier alpha value is -3.33. The normalized spacial score (nSPS) is 33.7. The number of aliphatic carboxylic acids is 1. The zero-order chi connectivity index (χ0) is 31.0. The van der Waals surface area contributed by atoms with E-state index in [9.17, 15) is 34.2 Å². The van der Waals surface area contributed by atoms with Crippen molar-refractivity contribution >= 4 is 29.4 Å². The van der Waals surface area contributed by atoms with Crippen molar-refractivity contribution in [3.8, 4) is 0 Å². The second-order valence-corrected chi connectivity index (χ2v) is 13.6. The van der Waals surface area contributed by atoms with Gasteiger partial charge in [-0.3, -0.25) is 19.2 Å². The van der Waals surface area contributed by atoms with Gasteiger partial charge in [0.25, 0.3) is 0 Å². The minimum atomic E-state index is -1.59. The van der Waals surface area contributed by atoms with E-state index in [-0.39, 0.29) is 36.4 Å². The highest BCUT2D eigenvalue weighted by molar-refractivity contribution is 5.92. The van der Waals surface area contributed by atoms with Crippen molar-refractivity contribution in [3.05, 3.63) is 47.5 Å². The summed E-state index contributed by atoms with van der Waals surface area (Å²) in [7, 11) is 0. The lowest BCUT2D eigenvalue weighted by molar-refractivity contribution is -0.170. The van der Waals surface area contributed by atoms with Gasteiger partial charge in [0.15, 0.2) is 12.4 Å². The minimum absolute atomic E-state index is 0.00325. The summed E-state index contributed by atoms with van der Waals surface area (Å²) in [6.45, 7) is 3.74. The van der Waals surface area contributed by atoms with E-state index in [1.165, 1.54) is 5.57 Å². The van der Waals surface area contributed by atoms with E-state index in [0.29, 0.717) is 31.1 Å². The maximum Gasteiger partial charge on any atom is 0.326 e. The molecule has 7 atom stereocenters. The lowest BCUT2D eigenvalue weighted by Crippen LogP contribution is -2.58. The van der Waals surface area contributed by atoms with Crippen molar-refractivity contribution in [1.29, 1.82) is 0 Å². The maximum absolute atomic E-state index is 13.4. The van der Waals surface area contributed by atoms with Crippen LogP contribution in [0.15, 0.2) is 42.0 Å². The maximum atomic E-state index is 13.4. The van der Waals surface area contributed by atoms with Crippen molar-refractivity contribution in [2.24, 2.45) is 28.6 Å². The van der Waals surface area contributed by atoms with Crippen molar-refractivity contribution < 1.29 is 38.9 Å². The first-order valence-corrected chi connectivity index (χ1v) is 15.6. The van der Waals surface area contributed by atoms with Crippen molar-refractivity contribution in [2.45, 2.75) is 96.1 Å². The fourth-order valence-electron chi connectivity index (χ4n) is 8.90. The van der Waals surface area contributed by atoms with E-state index in [2.05, 4.69) is 12.2 Å². The van der Waals surface area contributed by atoms with Crippen molar-refractivity contribution in [2.75, 3.05) is 6.61 Å². The molecule has 0 spiro atoms. The number of carbonyl (C=O) groups excluding carboxylic acids is 4. The number of ketones is 2. The second kappa shape index (κ2) is 12.0. The Balaban J connectivity index is 1.14. The molecule has 0 aliphatic heterocycles. The predicted molar refractivity (Wildman–Crippen MR) is 157 cm³/mol. The Morgan fingerprint density at radius 3 is 2.42 bits per heavy atom. The molecule has 43 heavy (non-hydrogen) atoms. The molecule has 4 aliphatic carbocycles. The van der Waals surface area contributed by atoms with Crippen LogP contribution in [0, 0.1) is 28.6 Å². The topological polar surface area (TPSA) is 147 Å². The molecule has 0 radical (unpaired) electrons. The number of fused-ring (bicyclic) bond motifs is 5. The SMILES string of the molecule is C[C@]12CCC(=O)C=C1CC[C@H]1[C@H]2CC[C@@]2(C)[C@H]1CC[C@]2(O)C(=O)COC(=O)CCC(=O)N[C@@H](Cc1ccccc1)C(=O)O. The van der Waals surface area contributed by atoms with Crippen LogP contribution in [0.1, 0.15) is 83.6 Å². The van der Waals surface area contributed by atoms with E-state index in [4.69, 9.17) is 4.74 Å². The number of rotatable bonds is 10. The third-order valence-corrected chi connectivity index (χ3v) is 11.4. The summed E-state index contributed by atoms with van der Waals surface area (Å²) in [5.41, 5.74) is -0.187. The van der Waals surface area contributed by atoms with E-state index in [0.717, 1.165) is 37.7 Å². The lowest BCUT2D eigenvalue weighted by atomic mass is 9.46. The fraction of sp³-hybridized carbons (Fsp3) is 0.618. The minimum Gasteiger partial charge on any atom is -0.480 e. The van der Waals surface area contributed by atoms with Gasteiger partial charge in [0.05, 0.1) is 6.42 Å². The Morgan fingerprint density at radius 2 is 1.70 bits per heavy atom. The van der Waals surface area contributed by atoms with Gasteiger partial charge in [-0.05, 0) is 79.8 Å². The van der Waals surface area contributed by atoms with Gasteiger partial charge in [0.2, 0.25) is 11.7 Å². The Bertz CT molecular complexity index is 1320. The zero-order valence-electron chi connectivity index (χ0n) is 25.1. The molecule has 5 rings (SSSR count). The van der Waals surface area contributed by atoms with Crippen molar-refractivity contribution in [3.63, 3.8) is 0 Å². The smallest absolute Gasteiger partial charge is 0.326 e. The number of ether oxygens (including phenoxy) is 1. The summed E-state index contributed by atoms with van der Waals surface area (Å²) in [6, 6.07) is 7.78. The molecule has 9 nitrogen and oxygen atoms in total. The molecule has 0 bridgehead atoms. The number of hydrogen-bond acceptors (Lipinski definition) is 7. The van der Waals surface area contributed by atoms with Gasteiger partial charge in [-0.2, -0.15) is 0 Å². The van der Waals surface area contributed by atoms with Gasteiger partial charge < -0.3 is 20.3 Å². The van der Waals surface area contributed by atoms with Crippen LogP contribution in [0.5, 0.6) is 0 Å². The number of Topliss-reactive ketones (excluding diaryl/α,β-unsaturated/α-hetero) is 1. The average Bonchev–Trinajstić information content (AvgIpc) is 3.26. The number of carboxylic acid groups (broad SMARTS) is 1. The molecule has 3 N–H and O–H groups in total. The van der Waals surface area contributed by atoms with Crippen LogP contribution in [-0.2, 0) is 35.1 Å². The van der Waals surface area contributed by atoms with Crippen molar-refractivity contribution in [1.82, 2.24) is 5.32 Å². The number of carbonyl (C=O) groups is 5. The molecular formula is C34H43NO8. The Morgan fingerprint density at radius 1 is 0.977 bits per heavy atom. The third-order valence-electron chi connectivity index (χ3n) is 11.4. The average molecular weight is 594 g/mol. The summed E-state index contributed by atoms with van der Waals surface area (Å²) in [4.78, 5) is 62.0. The van der Waals surface area contributed by atoms with E-state index < -0.39 is 47.3 Å². The molecule has 0 unspecified atom stereocenters. The highest BCUT2D eigenvalue weighted by Gasteiger charge is 2.66. The number of esters is 1. The van der Waals surface area contributed by atoms with Gasteiger partial charge in [0, 0.05) is 24.7 Å². The molecule has 9 heteroatoms. The number of hydrogen-bond donors (Lipinski definition) is 3. The van der Waals surface area contributed by atoms with Crippen LogP contribution in [-0.4, -0.2) is 57.9 Å². The summed E-state index contributed by atoms with van der Waals surface area (Å²) in [6.07, 6.45) is 7.30. The molecule has 1 aromatic carbocycles. The first-order valence-electron chi connectivity index (χ1n) is 15.6. The van der Waals surface area contributed by atoms with Gasteiger partial charge >= 0.3 is 11.9 Å². The van der Waals surface area contributed by atoms with Gasteiger partial charge in [-0.25, -0.2) is 4.79 Å². The first kappa shape index (κ1) is 31.1. The van der Waals surface area contributed by atoms with E-state index in [1.54, 1.807) is 24.3 Å². The molecule has 1 amide bonds. The molecule has 0 heterocycles. The third kappa shape index (κ3) is 5.80. The molecule has 232 valence electrons. The highest BCUT2D eigenvalue weighted by atomic mass is 16.5. The predicted octanol–water partition coefficient (Wildman–Crippen LogP) is 3.95. The molecule has 3 saturated carbocycles. The molecule has 4 aliphatic rings. The van der Waals surface area contributed by atoms with Gasteiger partial charge in [-0.1, -0.05) is 49.8 Å². The number of benzene rings is 1. The van der Waals surface area contributed by atoms with Crippen LogP contribution >= 0.6 is 0 Å². The standard InChI is InChI=1S/C34H43NO8/c1-32-15-12-23(36)19-22(32)8-9-24-25(32)13-16-33(2)26(24)14-17-34(33,42)28(37)20-43-30(39)11-10-29(38)35-27(31(40)41)18-21-6-4-3-5-7-21/h3-7,19,24-27,42H,8-18,20H2,1-2H3,(H,35,38)(H,40,41)/t24-,25+,26-,27-,32-,33-,34-/m0/s1. The fourth-order valence-corrected chi connectivity index (χ4v) is 8.90. The molecule has 0 saturated heterocycles. The second-order valence-electron chi connectivity index (χ2n) is 13.6. The van der Waals surface area contributed by atoms with Gasteiger partial charge in [-0.15, -0.1) is 0 Å². The van der Waals surface area contributed by atoms with Gasteiger partial charge in [0.1, 0.15) is 11.6 Å². The molecular weight excluding hydrogens is 550 g/mol. The van der Waals surface area contributed by atoms with Crippen LogP contribution in [0.4, 0.5) is 0 Å². The first-order chi connectivity index (χ1) is 20.4. The monoisotopic (exact) mass is 593 g/mol. The number of nitrogens with one attached hydrogen (secondary N) is 1.